The zero-order valence-electron chi connectivity index (χ0n) is 18.7. The molecule has 1 aromatic heterocycles. The van der Waals surface area contributed by atoms with Crippen molar-refractivity contribution in [2.24, 2.45) is 0 Å². The Labute approximate surface area is 198 Å². The maximum absolute atomic E-state index is 9.98. The van der Waals surface area contributed by atoms with Gasteiger partial charge in [-0.2, -0.15) is 5.26 Å². The predicted octanol–water partition coefficient (Wildman–Crippen LogP) is 6.82. The summed E-state index contributed by atoms with van der Waals surface area (Å²) >= 11 is 3.46. The highest BCUT2D eigenvalue weighted by Crippen LogP contribution is 2.38. The smallest absolute Gasteiger partial charge is 0.142 e. The number of nitrogen functional groups attached to an aromatic ring is 1. The van der Waals surface area contributed by atoms with E-state index < -0.39 is 0 Å². The van der Waals surface area contributed by atoms with Gasteiger partial charge in [-0.15, -0.1) is 0 Å². The maximum Gasteiger partial charge on any atom is 0.142 e. The van der Waals surface area contributed by atoms with Gasteiger partial charge < -0.3 is 10.5 Å². The monoisotopic (exact) mass is 489 g/mol. The van der Waals surface area contributed by atoms with Crippen molar-refractivity contribution in [3.05, 3.63) is 74.4 Å². The molecule has 2 N–H and O–H groups in total. The summed E-state index contributed by atoms with van der Waals surface area (Å²) in [7, 11) is 0. The van der Waals surface area contributed by atoms with Crippen molar-refractivity contribution in [2.45, 2.75) is 59.0 Å². The minimum Gasteiger partial charge on any atom is -0.489 e. The molecule has 1 heterocycles. The molecule has 0 fully saturated rings. The second-order valence-electron chi connectivity index (χ2n) is 8.53. The van der Waals surface area contributed by atoms with Gasteiger partial charge in [0, 0.05) is 15.7 Å². The first-order chi connectivity index (χ1) is 15.5. The average Bonchev–Trinajstić information content (AvgIpc) is 2.75. The summed E-state index contributed by atoms with van der Waals surface area (Å²) in [6.07, 6.45) is 6.51. The summed E-state index contributed by atoms with van der Waals surface area (Å²) in [6.45, 7) is 4.67. The van der Waals surface area contributed by atoms with E-state index in [1.165, 1.54) is 24.0 Å². The number of rotatable bonds is 4. The molecule has 4 nitrogen and oxygen atoms in total. The van der Waals surface area contributed by atoms with Crippen LogP contribution >= 0.6 is 15.9 Å². The van der Waals surface area contributed by atoms with Crippen molar-refractivity contribution in [2.75, 3.05) is 5.73 Å². The fourth-order valence-electron chi connectivity index (χ4n) is 4.54. The SMILES string of the molecule is Cc1cc(C)c(-c2c(C#N)c(N)nc3c2CCCCCC3)cc1COc1ccc(Br)cc1. The van der Waals surface area contributed by atoms with Gasteiger partial charge >= 0.3 is 0 Å². The Morgan fingerprint density at radius 1 is 1.03 bits per heavy atom. The normalized spacial score (nSPS) is 13.6. The topological polar surface area (TPSA) is 71.9 Å². The van der Waals surface area contributed by atoms with E-state index >= 15 is 0 Å². The van der Waals surface area contributed by atoms with E-state index in [-0.39, 0.29) is 0 Å². The summed E-state index contributed by atoms with van der Waals surface area (Å²) in [5.41, 5.74) is 14.5. The maximum atomic E-state index is 9.98. The van der Waals surface area contributed by atoms with Crippen LogP contribution in [0.5, 0.6) is 5.75 Å². The number of aromatic nitrogens is 1. The Morgan fingerprint density at radius 2 is 1.75 bits per heavy atom. The van der Waals surface area contributed by atoms with E-state index in [0.29, 0.717) is 18.0 Å². The van der Waals surface area contributed by atoms with Crippen LogP contribution in [0.3, 0.4) is 0 Å². The fraction of sp³-hybridized carbons (Fsp3) is 0.333. The fourth-order valence-corrected chi connectivity index (χ4v) is 4.80. The molecule has 4 rings (SSSR count). The number of nitriles is 1. The van der Waals surface area contributed by atoms with Crippen LogP contribution in [0.15, 0.2) is 40.9 Å². The number of anilines is 1. The summed E-state index contributed by atoms with van der Waals surface area (Å²) in [4.78, 5) is 4.65. The molecule has 5 heteroatoms. The van der Waals surface area contributed by atoms with Gasteiger partial charge in [-0.1, -0.05) is 34.8 Å². The van der Waals surface area contributed by atoms with Gasteiger partial charge in [0.25, 0.3) is 0 Å². The van der Waals surface area contributed by atoms with Gasteiger partial charge in [0.15, 0.2) is 0 Å². The molecule has 0 unspecified atom stereocenters. The third-order valence-electron chi connectivity index (χ3n) is 6.27. The van der Waals surface area contributed by atoms with Crippen LogP contribution in [0.2, 0.25) is 0 Å². The minimum atomic E-state index is 0.342. The lowest BCUT2D eigenvalue weighted by molar-refractivity contribution is 0.305. The molecule has 0 atom stereocenters. The molecule has 0 saturated heterocycles. The number of fused-ring (bicyclic) bond motifs is 1. The second kappa shape index (κ2) is 9.75. The van der Waals surface area contributed by atoms with Crippen LogP contribution in [-0.4, -0.2) is 4.98 Å². The standard InChI is InChI=1S/C27H28BrN3O/c1-17-13-18(2)23(14-19(17)16-32-21-11-9-20(28)10-12-21)26-22-7-5-3-4-6-8-25(22)31-27(30)24(26)15-29/h9-14H,3-8,16H2,1-2H3,(H2,30,31). The van der Waals surface area contributed by atoms with E-state index in [9.17, 15) is 5.26 Å². The number of pyridine rings is 1. The van der Waals surface area contributed by atoms with Crippen LogP contribution in [0, 0.1) is 25.2 Å². The number of ether oxygens (including phenoxy) is 1. The van der Waals surface area contributed by atoms with Crippen molar-refractivity contribution < 1.29 is 4.74 Å². The van der Waals surface area contributed by atoms with E-state index in [2.05, 4.69) is 53.0 Å². The lowest BCUT2D eigenvalue weighted by Crippen LogP contribution is -2.11. The van der Waals surface area contributed by atoms with Gasteiger partial charge in [-0.05, 0) is 97.7 Å². The molecule has 1 aliphatic carbocycles. The lowest BCUT2D eigenvalue weighted by Gasteiger charge is -2.22. The molecule has 0 saturated carbocycles. The molecule has 1 aliphatic rings. The Kier molecular flexibility index (Phi) is 6.81. The first-order valence-corrected chi connectivity index (χ1v) is 12.0. The summed E-state index contributed by atoms with van der Waals surface area (Å²) in [5, 5.41) is 9.98. The number of nitrogens with zero attached hydrogens (tertiary/aromatic N) is 2. The second-order valence-corrected chi connectivity index (χ2v) is 9.45. The molecule has 0 spiro atoms. The highest BCUT2D eigenvalue weighted by Gasteiger charge is 2.22. The van der Waals surface area contributed by atoms with E-state index in [0.717, 1.165) is 63.9 Å². The van der Waals surface area contributed by atoms with Crippen molar-refractivity contribution in [3.8, 4) is 22.9 Å². The van der Waals surface area contributed by atoms with Crippen molar-refractivity contribution in [1.82, 2.24) is 4.98 Å². The third kappa shape index (κ3) is 4.66. The third-order valence-corrected chi connectivity index (χ3v) is 6.80. The molecule has 0 aliphatic heterocycles. The molecule has 0 amide bonds. The first kappa shape index (κ1) is 22.4. The van der Waals surface area contributed by atoms with Crippen LogP contribution in [0.4, 0.5) is 5.82 Å². The van der Waals surface area contributed by atoms with Crippen LogP contribution in [0.25, 0.3) is 11.1 Å². The zero-order chi connectivity index (χ0) is 22.7. The molecule has 32 heavy (non-hydrogen) atoms. The molecular weight excluding hydrogens is 462 g/mol. The van der Waals surface area contributed by atoms with Crippen LogP contribution < -0.4 is 10.5 Å². The number of benzene rings is 2. The quantitative estimate of drug-likeness (QED) is 0.436. The molecular formula is C27H28BrN3O. The largest absolute Gasteiger partial charge is 0.489 e. The van der Waals surface area contributed by atoms with E-state index in [1.807, 2.05) is 24.3 Å². The molecule has 0 bridgehead atoms. The number of hydrogen-bond acceptors (Lipinski definition) is 4. The number of halogens is 1. The molecule has 2 aromatic carbocycles. The highest BCUT2D eigenvalue weighted by atomic mass is 79.9. The first-order valence-electron chi connectivity index (χ1n) is 11.2. The molecule has 164 valence electrons. The minimum absolute atomic E-state index is 0.342. The van der Waals surface area contributed by atoms with Gasteiger partial charge in [0.05, 0.1) is 0 Å². The van der Waals surface area contributed by atoms with Crippen molar-refractivity contribution in [1.29, 1.82) is 5.26 Å². The number of nitrogens with two attached hydrogens (primary N) is 1. The van der Waals surface area contributed by atoms with E-state index in [1.54, 1.807) is 0 Å². The Bertz CT molecular complexity index is 1180. The van der Waals surface area contributed by atoms with Gasteiger partial charge in [0.2, 0.25) is 0 Å². The Morgan fingerprint density at radius 3 is 2.47 bits per heavy atom. The van der Waals surface area contributed by atoms with Crippen molar-refractivity contribution >= 4 is 21.7 Å². The van der Waals surface area contributed by atoms with Gasteiger partial charge in [-0.3, -0.25) is 0 Å². The number of aryl methyl sites for hydroxylation is 3. The Balaban J connectivity index is 1.80. The number of hydrogen-bond donors (Lipinski definition) is 1. The molecule has 0 radical (unpaired) electrons. The summed E-state index contributed by atoms with van der Waals surface area (Å²) in [6, 6.07) is 14.6. The lowest BCUT2D eigenvalue weighted by atomic mass is 9.85. The van der Waals surface area contributed by atoms with Crippen molar-refractivity contribution in [3.63, 3.8) is 0 Å². The van der Waals surface area contributed by atoms with Crippen LogP contribution in [-0.2, 0) is 19.4 Å². The predicted molar refractivity (Wildman–Crippen MR) is 133 cm³/mol. The van der Waals surface area contributed by atoms with Crippen LogP contribution in [0.1, 0.15) is 59.2 Å². The van der Waals surface area contributed by atoms with Gasteiger partial charge in [-0.25, -0.2) is 4.98 Å². The average molecular weight is 490 g/mol. The summed E-state index contributed by atoms with van der Waals surface area (Å²) in [5.74, 6) is 1.17. The highest BCUT2D eigenvalue weighted by molar-refractivity contribution is 9.10. The Hall–Kier alpha value is -2.84. The zero-order valence-corrected chi connectivity index (χ0v) is 20.3. The summed E-state index contributed by atoms with van der Waals surface area (Å²) < 4.78 is 7.09. The van der Waals surface area contributed by atoms with E-state index in [4.69, 9.17) is 10.5 Å². The van der Waals surface area contributed by atoms with Gasteiger partial charge in [0.1, 0.15) is 29.8 Å². The molecule has 3 aromatic rings.